The second-order valence-corrected chi connectivity index (χ2v) is 18.4. The molecule has 8 aromatic carbocycles. The van der Waals surface area contributed by atoms with E-state index in [0.717, 1.165) is 24.1 Å². The monoisotopic (exact) mass is 831 g/mol. The summed E-state index contributed by atoms with van der Waals surface area (Å²) in [6.07, 6.45) is 3.73. The molecule has 2 N–H and O–H groups in total. The average Bonchev–Trinajstić information content (AvgIpc) is 4.12. The minimum atomic E-state index is 0.0805. The third-order valence-corrected chi connectivity index (χ3v) is 15.2. The maximum absolute atomic E-state index is 4.95. The summed E-state index contributed by atoms with van der Waals surface area (Å²) >= 11 is 0. The molecule has 5 nitrogen and oxygen atoms in total. The van der Waals surface area contributed by atoms with Crippen LogP contribution in [0, 0.1) is 0 Å². The van der Waals surface area contributed by atoms with Crippen LogP contribution in [0.2, 0.25) is 0 Å². The van der Waals surface area contributed by atoms with E-state index < -0.39 is 0 Å². The van der Waals surface area contributed by atoms with Gasteiger partial charge in [-0.15, -0.1) is 0 Å². The maximum atomic E-state index is 4.95. The lowest BCUT2D eigenvalue weighted by Gasteiger charge is -2.17. The highest BCUT2D eigenvalue weighted by molar-refractivity contribution is 7.00. The molecule has 0 fully saturated rings. The van der Waals surface area contributed by atoms with Crippen molar-refractivity contribution in [2.45, 2.75) is 11.8 Å². The van der Waals surface area contributed by atoms with Gasteiger partial charge in [-0.25, -0.2) is 9.97 Å². The first-order valence-corrected chi connectivity index (χ1v) is 23.1. The van der Waals surface area contributed by atoms with Crippen molar-refractivity contribution in [3.05, 3.63) is 198 Å². The molecule has 0 bridgehead atoms. The second kappa shape index (κ2) is 14.1. The van der Waals surface area contributed by atoms with Crippen LogP contribution in [0.25, 0.3) is 72.3 Å². The summed E-state index contributed by atoms with van der Waals surface area (Å²) in [4.78, 5) is 9.90. The number of nitrogens with one attached hydrogen (secondary N) is 2. The molecule has 10 aromatic rings. The highest BCUT2D eigenvalue weighted by atomic mass is 15.1. The summed E-state index contributed by atoms with van der Waals surface area (Å²) in [6.45, 7) is 1.96. The van der Waals surface area contributed by atoms with Crippen molar-refractivity contribution in [2.24, 2.45) is 0 Å². The number of aromatic nitrogens is 3. The lowest BCUT2D eigenvalue weighted by Crippen LogP contribution is -2.49. The van der Waals surface area contributed by atoms with Crippen molar-refractivity contribution in [1.82, 2.24) is 25.2 Å². The largest absolute Gasteiger partial charge is 0.319 e. The van der Waals surface area contributed by atoms with Crippen LogP contribution in [0.3, 0.4) is 0 Å². The van der Waals surface area contributed by atoms with Gasteiger partial charge in [0.15, 0.2) is 0 Å². The number of nitrogens with zero attached hydrogens (tertiary/aromatic N) is 3. The van der Waals surface area contributed by atoms with E-state index in [-0.39, 0.29) is 13.4 Å². The summed E-state index contributed by atoms with van der Waals surface area (Å²) in [5.74, 6) is 1.30. The van der Waals surface area contributed by atoms with Crippen LogP contribution >= 0.6 is 0 Å². The molecule has 0 amide bonds. The first-order valence-electron chi connectivity index (χ1n) is 23.1. The van der Waals surface area contributed by atoms with Gasteiger partial charge in [-0.2, -0.15) is 0 Å². The fourth-order valence-electron chi connectivity index (χ4n) is 12.6. The Balaban J connectivity index is 0.984. The van der Waals surface area contributed by atoms with Crippen molar-refractivity contribution in [3.8, 4) is 50.5 Å². The summed E-state index contributed by atoms with van der Waals surface area (Å²) in [5.41, 5.74) is 26.5. The summed E-state index contributed by atoms with van der Waals surface area (Å²) in [7, 11) is 4.13. The molecule has 2 unspecified atom stereocenters. The summed E-state index contributed by atoms with van der Waals surface area (Å²) in [5, 5.41) is 9.44. The zero-order valence-corrected chi connectivity index (χ0v) is 36.3. The zero-order valence-electron chi connectivity index (χ0n) is 36.3. The van der Waals surface area contributed by atoms with E-state index in [1.165, 1.54) is 110 Å². The Morgan fingerprint density at radius 2 is 0.846 bits per heavy atom. The van der Waals surface area contributed by atoms with E-state index in [1.54, 1.807) is 0 Å². The Kier molecular flexibility index (Phi) is 8.04. The van der Waals surface area contributed by atoms with Gasteiger partial charge in [0.05, 0.1) is 11.0 Å². The highest BCUT2D eigenvalue weighted by Crippen LogP contribution is 2.46. The first-order chi connectivity index (χ1) is 32.2. The zero-order chi connectivity index (χ0) is 42.9. The molecule has 0 radical (unpaired) electrons. The molecule has 2 aromatic heterocycles. The molecular formula is C58H43B2N5. The number of benzene rings is 8. The van der Waals surface area contributed by atoms with Gasteiger partial charge < -0.3 is 10.6 Å². The van der Waals surface area contributed by atoms with Crippen LogP contribution in [-0.2, 0) is 0 Å². The Hall–Kier alpha value is -7.31. The van der Waals surface area contributed by atoms with Crippen molar-refractivity contribution < 1.29 is 0 Å². The number of hydrogen-bond acceptors (Lipinski definition) is 4. The Morgan fingerprint density at radius 1 is 0.415 bits per heavy atom. The van der Waals surface area contributed by atoms with Crippen molar-refractivity contribution in [3.63, 3.8) is 0 Å². The van der Waals surface area contributed by atoms with E-state index >= 15 is 0 Å². The summed E-state index contributed by atoms with van der Waals surface area (Å²) in [6, 6.07) is 62.3. The van der Waals surface area contributed by atoms with Gasteiger partial charge in [0.1, 0.15) is 0 Å². The lowest BCUT2D eigenvalue weighted by molar-refractivity contribution is 0.720. The normalized spacial score (nSPS) is 15.7. The van der Waals surface area contributed by atoms with Gasteiger partial charge in [-0.1, -0.05) is 166 Å². The van der Waals surface area contributed by atoms with Crippen LogP contribution in [-0.4, -0.2) is 55.1 Å². The Bertz CT molecular complexity index is 3410. The van der Waals surface area contributed by atoms with Gasteiger partial charge in [0.2, 0.25) is 19.4 Å². The van der Waals surface area contributed by atoms with E-state index in [9.17, 15) is 0 Å². The van der Waals surface area contributed by atoms with Gasteiger partial charge in [0, 0.05) is 48.1 Å². The number of fused-ring (bicyclic) bond motifs is 15. The summed E-state index contributed by atoms with van der Waals surface area (Å²) < 4.78 is 2.33. The Morgan fingerprint density at radius 3 is 1.32 bits per heavy atom. The SMILES string of the molecule is CNCC1c2ccccc2-c2ccc(B3c4ccccc4-c4cc5c6cc7c(cc6n(-c6ncccn6)c5cc43)B(c3ccc4c(c3)C(CNC)c3ccccc3-4)c3ccccc3-7)cc21. The Labute approximate surface area is 379 Å². The third-order valence-electron chi connectivity index (χ3n) is 15.2. The molecule has 0 saturated heterocycles. The average molecular weight is 832 g/mol. The molecule has 7 heteroatoms. The highest BCUT2D eigenvalue weighted by Gasteiger charge is 2.39. The maximum Gasteiger partial charge on any atom is 0.242 e. The first kappa shape index (κ1) is 37.1. The van der Waals surface area contributed by atoms with Crippen LogP contribution in [0.4, 0.5) is 0 Å². The molecule has 0 spiro atoms. The van der Waals surface area contributed by atoms with Crippen LogP contribution < -0.4 is 43.4 Å². The van der Waals surface area contributed by atoms with Gasteiger partial charge in [-0.3, -0.25) is 4.57 Å². The minimum Gasteiger partial charge on any atom is -0.319 e. The van der Waals surface area contributed by atoms with Crippen LogP contribution in [0.15, 0.2) is 176 Å². The third kappa shape index (κ3) is 5.19. The quantitative estimate of drug-likeness (QED) is 0.167. The minimum absolute atomic E-state index is 0.0805. The number of rotatable bonds is 7. The van der Waals surface area contributed by atoms with Gasteiger partial charge >= 0.3 is 0 Å². The predicted molar refractivity (Wildman–Crippen MR) is 272 cm³/mol. The molecule has 2 atom stereocenters. The molecule has 4 aliphatic rings. The standard InChI is InChI=1S/C58H43B2N5/c1-61-32-50-38-14-5-3-12-36(38)40-22-20-34(26-44(40)50)59-52-18-9-7-16-42(52)46-28-48-49-29-47-43-17-8-10-19-53(43)60(35-21-23-41-37-13-4-6-15-39(37)51(33-62-2)45(41)27-35)55(47)31-57(49)65(56(48)30-54(46)59)58-63-24-11-25-64-58/h3-31,50-51,61-62H,32-33H2,1-2H3. The number of likely N-dealkylation sites (N-methyl/N-ethyl adjacent to an activating group) is 2. The van der Waals surface area contributed by atoms with E-state index in [2.05, 4.69) is 187 Å². The molecule has 306 valence electrons. The van der Waals surface area contributed by atoms with Gasteiger partial charge in [0.25, 0.3) is 0 Å². The van der Waals surface area contributed by atoms with E-state index in [4.69, 9.17) is 9.97 Å². The molecular weight excluding hydrogens is 788 g/mol. The fraction of sp³-hybridized carbons (Fsp3) is 0.103. The lowest BCUT2D eigenvalue weighted by atomic mass is 9.38. The smallest absolute Gasteiger partial charge is 0.242 e. The molecule has 0 saturated carbocycles. The molecule has 2 aliphatic heterocycles. The van der Waals surface area contributed by atoms with Crippen molar-refractivity contribution in [1.29, 1.82) is 0 Å². The second-order valence-electron chi connectivity index (χ2n) is 18.4. The molecule has 2 aliphatic carbocycles. The van der Waals surface area contributed by atoms with Gasteiger partial charge in [-0.05, 0) is 111 Å². The number of hydrogen-bond donors (Lipinski definition) is 2. The topological polar surface area (TPSA) is 54.8 Å². The van der Waals surface area contributed by atoms with Crippen LogP contribution in [0.5, 0.6) is 0 Å². The molecule has 14 rings (SSSR count). The molecule has 65 heavy (non-hydrogen) atoms. The van der Waals surface area contributed by atoms with Crippen molar-refractivity contribution >= 4 is 68.0 Å². The fourth-order valence-corrected chi connectivity index (χ4v) is 12.6. The predicted octanol–water partition coefficient (Wildman–Crippen LogP) is 7.23. The molecule has 4 heterocycles. The van der Waals surface area contributed by atoms with E-state index in [1.807, 2.05) is 18.5 Å². The van der Waals surface area contributed by atoms with Crippen molar-refractivity contribution in [2.75, 3.05) is 27.2 Å². The van der Waals surface area contributed by atoms with Crippen LogP contribution in [0.1, 0.15) is 34.1 Å². The van der Waals surface area contributed by atoms with E-state index in [0.29, 0.717) is 17.8 Å².